The van der Waals surface area contributed by atoms with Crippen LogP contribution < -0.4 is 5.32 Å². The average molecular weight is 281 g/mol. The standard InChI is InChI=1S/C15H27N3S/c1-11(2)18(9-14-5-7-16-8-6-14)10-15-17-12(3)13(4)19-15/h11,14,16H,5-10H2,1-4H3. The van der Waals surface area contributed by atoms with Crippen LogP contribution in [0.3, 0.4) is 0 Å². The maximum atomic E-state index is 4.69. The third-order valence-electron chi connectivity index (χ3n) is 4.09. The highest BCUT2D eigenvalue weighted by molar-refractivity contribution is 7.11. The van der Waals surface area contributed by atoms with Gasteiger partial charge in [0.05, 0.1) is 12.2 Å². The molecule has 1 aromatic heterocycles. The van der Waals surface area contributed by atoms with Crippen LogP contribution in [-0.2, 0) is 6.54 Å². The summed E-state index contributed by atoms with van der Waals surface area (Å²) in [6.45, 7) is 13.5. The second-order valence-corrected chi connectivity index (χ2v) is 7.25. The van der Waals surface area contributed by atoms with Crippen molar-refractivity contribution < 1.29 is 0 Å². The summed E-state index contributed by atoms with van der Waals surface area (Å²) in [6.07, 6.45) is 2.64. The van der Waals surface area contributed by atoms with Crippen LogP contribution in [0.5, 0.6) is 0 Å². The smallest absolute Gasteiger partial charge is 0.107 e. The lowest BCUT2D eigenvalue weighted by Gasteiger charge is -2.32. The minimum atomic E-state index is 0.597. The largest absolute Gasteiger partial charge is 0.317 e. The van der Waals surface area contributed by atoms with Gasteiger partial charge in [-0.3, -0.25) is 4.90 Å². The van der Waals surface area contributed by atoms with E-state index in [4.69, 9.17) is 4.98 Å². The molecule has 1 fully saturated rings. The predicted molar refractivity (Wildman–Crippen MR) is 82.7 cm³/mol. The van der Waals surface area contributed by atoms with Crippen molar-refractivity contribution in [1.29, 1.82) is 0 Å². The fourth-order valence-corrected chi connectivity index (χ4v) is 3.59. The van der Waals surface area contributed by atoms with Crippen LogP contribution in [-0.4, -0.2) is 35.6 Å². The lowest BCUT2D eigenvalue weighted by atomic mass is 9.97. The first-order chi connectivity index (χ1) is 9.06. The third kappa shape index (κ3) is 4.26. The molecule has 108 valence electrons. The Morgan fingerprint density at radius 3 is 2.53 bits per heavy atom. The minimum absolute atomic E-state index is 0.597. The van der Waals surface area contributed by atoms with Crippen LogP contribution in [0.25, 0.3) is 0 Å². The van der Waals surface area contributed by atoms with Crippen molar-refractivity contribution in [3.05, 3.63) is 15.6 Å². The van der Waals surface area contributed by atoms with E-state index in [1.807, 2.05) is 11.3 Å². The summed E-state index contributed by atoms with van der Waals surface area (Å²) in [4.78, 5) is 8.64. The van der Waals surface area contributed by atoms with E-state index >= 15 is 0 Å². The predicted octanol–water partition coefficient (Wildman–Crippen LogP) is 2.97. The van der Waals surface area contributed by atoms with Crippen LogP contribution in [0.1, 0.15) is 42.3 Å². The Morgan fingerprint density at radius 1 is 1.32 bits per heavy atom. The fraction of sp³-hybridized carbons (Fsp3) is 0.800. The Labute approximate surface area is 121 Å². The number of hydrogen-bond acceptors (Lipinski definition) is 4. The molecular formula is C15H27N3S. The van der Waals surface area contributed by atoms with E-state index in [2.05, 4.69) is 37.9 Å². The first kappa shape index (κ1) is 14.9. The fourth-order valence-electron chi connectivity index (χ4n) is 2.63. The van der Waals surface area contributed by atoms with E-state index in [0.29, 0.717) is 6.04 Å². The lowest BCUT2D eigenvalue weighted by molar-refractivity contribution is 0.161. The van der Waals surface area contributed by atoms with Crippen molar-refractivity contribution in [2.24, 2.45) is 5.92 Å². The number of piperidine rings is 1. The number of aryl methyl sites for hydroxylation is 2. The Hall–Kier alpha value is -0.450. The minimum Gasteiger partial charge on any atom is -0.317 e. The van der Waals surface area contributed by atoms with E-state index in [9.17, 15) is 0 Å². The monoisotopic (exact) mass is 281 g/mol. The van der Waals surface area contributed by atoms with Gasteiger partial charge in [0, 0.05) is 17.5 Å². The molecule has 1 aromatic rings. The van der Waals surface area contributed by atoms with Gasteiger partial charge in [0.1, 0.15) is 5.01 Å². The highest BCUT2D eigenvalue weighted by Gasteiger charge is 2.20. The molecule has 0 aliphatic carbocycles. The molecule has 1 N–H and O–H groups in total. The van der Waals surface area contributed by atoms with Crippen LogP contribution >= 0.6 is 11.3 Å². The van der Waals surface area contributed by atoms with Crippen LogP contribution in [0, 0.1) is 19.8 Å². The average Bonchev–Trinajstić information content (AvgIpc) is 2.69. The molecule has 0 atom stereocenters. The van der Waals surface area contributed by atoms with Crippen molar-refractivity contribution in [3.63, 3.8) is 0 Å². The van der Waals surface area contributed by atoms with E-state index in [-0.39, 0.29) is 0 Å². The molecule has 2 heterocycles. The van der Waals surface area contributed by atoms with Gasteiger partial charge in [-0.25, -0.2) is 4.98 Å². The summed E-state index contributed by atoms with van der Waals surface area (Å²) in [5.41, 5.74) is 1.20. The number of thiazole rings is 1. The summed E-state index contributed by atoms with van der Waals surface area (Å²) < 4.78 is 0. The molecule has 1 aliphatic heterocycles. The van der Waals surface area contributed by atoms with E-state index in [1.165, 1.54) is 48.1 Å². The molecular weight excluding hydrogens is 254 g/mol. The molecule has 1 aliphatic rings. The summed E-state index contributed by atoms with van der Waals surface area (Å²) in [5.74, 6) is 0.853. The van der Waals surface area contributed by atoms with Gasteiger partial charge < -0.3 is 5.32 Å². The zero-order chi connectivity index (χ0) is 13.8. The molecule has 0 aromatic carbocycles. The Bertz CT molecular complexity index is 375. The summed E-state index contributed by atoms with van der Waals surface area (Å²) in [5, 5.41) is 4.72. The van der Waals surface area contributed by atoms with Gasteiger partial charge in [-0.15, -0.1) is 11.3 Å². The molecule has 0 saturated carbocycles. The highest BCUT2D eigenvalue weighted by Crippen LogP contribution is 2.21. The van der Waals surface area contributed by atoms with Crippen LogP contribution in [0.4, 0.5) is 0 Å². The quantitative estimate of drug-likeness (QED) is 0.899. The zero-order valence-electron chi connectivity index (χ0n) is 12.7. The molecule has 4 heteroatoms. The van der Waals surface area contributed by atoms with Crippen molar-refractivity contribution in [2.45, 2.75) is 53.1 Å². The van der Waals surface area contributed by atoms with Crippen molar-refractivity contribution in [2.75, 3.05) is 19.6 Å². The third-order valence-corrected chi connectivity index (χ3v) is 5.15. The Morgan fingerprint density at radius 2 is 2.00 bits per heavy atom. The van der Waals surface area contributed by atoms with Gasteiger partial charge in [-0.05, 0) is 59.5 Å². The first-order valence-electron chi connectivity index (χ1n) is 7.44. The lowest BCUT2D eigenvalue weighted by Crippen LogP contribution is -2.39. The van der Waals surface area contributed by atoms with Crippen molar-refractivity contribution in [1.82, 2.24) is 15.2 Å². The number of nitrogens with one attached hydrogen (secondary N) is 1. The van der Waals surface area contributed by atoms with Crippen LogP contribution in [0.15, 0.2) is 0 Å². The normalized spacial score (nSPS) is 17.6. The topological polar surface area (TPSA) is 28.2 Å². The van der Waals surface area contributed by atoms with Crippen LogP contribution in [0.2, 0.25) is 0 Å². The summed E-state index contributed by atoms with van der Waals surface area (Å²) in [7, 11) is 0. The van der Waals surface area contributed by atoms with E-state index in [1.54, 1.807) is 0 Å². The zero-order valence-corrected chi connectivity index (χ0v) is 13.5. The number of rotatable bonds is 5. The molecule has 1 saturated heterocycles. The molecule has 0 radical (unpaired) electrons. The number of aromatic nitrogens is 1. The number of nitrogens with zero attached hydrogens (tertiary/aromatic N) is 2. The molecule has 0 spiro atoms. The van der Waals surface area contributed by atoms with Crippen molar-refractivity contribution in [3.8, 4) is 0 Å². The molecule has 19 heavy (non-hydrogen) atoms. The molecule has 0 amide bonds. The summed E-state index contributed by atoms with van der Waals surface area (Å²) in [6, 6.07) is 0.597. The highest BCUT2D eigenvalue weighted by atomic mass is 32.1. The molecule has 2 rings (SSSR count). The summed E-state index contributed by atoms with van der Waals surface area (Å²) >= 11 is 1.86. The van der Waals surface area contributed by atoms with Gasteiger partial charge in [0.15, 0.2) is 0 Å². The Balaban J connectivity index is 1.95. The second kappa shape index (κ2) is 6.82. The van der Waals surface area contributed by atoms with Gasteiger partial charge in [0.25, 0.3) is 0 Å². The molecule has 0 bridgehead atoms. The van der Waals surface area contributed by atoms with Crippen molar-refractivity contribution >= 4 is 11.3 Å². The van der Waals surface area contributed by atoms with E-state index < -0.39 is 0 Å². The van der Waals surface area contributed by atoms with Gasteiger partial charge in [-0.2, -0.15) is 0 Å². The van der Waals surface area contributed by atoms with Gasteiger partial charge in [-0.1, -0.05) is 0 Å². The van der Waals surface area contributed by atoms with E-state index in [0.717, 1.165) is 12.5 Å². The maximum absolute atomic E-state index is 4.69. The molecule has 3 nitrogen and oxygen atoms in total. The first-order valence-corrected chi connectivity index (χ1v) is 8.25. The Kier molecular flexibility index (Phi) is 5.37. The molecule has 0 unspecified atom stereocenters. The second-order valence-electron chi connectivity index (χ2n) is 5.97. The maximum Gasteiger partial charge on any atom is 0.107 e. The van der Waals surface area contributed by atoms with Gasteiger partial charge >= 0.3 is 0 Å². The van der Waals surface area contributed by atoms with Gasteiger partial charge in [0.2, 0.25) is 0 Å². The number of hydrogen-bond donors (Lipinski definition) is 1. The SMILES string of the molecule is Cc1nc(CN(CC2CCNCC2)C(C)C)sc1C.